The van der Waals surface area contributed by atoms with Gasteiger partial charge in [-0.05, 0) is 63.0 Å². The van der Waals surface area contributed by atoms with Crippen LogP contribution in [0.5, 0.6) is 0 Å². The lowest BCUT2D eigenvalue weighted by atomic mass is 9.85. The summed E-state index contributed by atoms with van der Waals surface area (Å²) in [6.45, 7) is 1.62. The van der Waals surface area contributed by atoms with Crippen molar-refractivity contribution in [3.8, 4) is 0 Å². The van der Waals surface area contributed by atoms with Gasteiger partial charge in [0.1, 0.15) is 5.78 Å². The molecule has 5 atom stereocenters. The molecule has 1 fully saturated rings. The van der Waals surface area contributed by atoms with Crippen LogP contribution in [0.2, 0.25) is 0 Å². The Labute approximate surface area is 168 Å². The monoisotopic (exact) mass is 389 g/mol. The minimum atomic E-state index is -0.655. The first-order chi connectivity index (χ1) is 13.5. The van der Waals surface area contributed by atoms with Crippen molar-refractivity contribution in [3.63, 3.8) is 0 Å². The summed E-state index contributed by atoms with van der Waals surface area (Å²) in [7, 11) is 0. The van der Waals surface area contributed by atoms with E-state index in [4.69, 9.17) is 0 Å². The Morgan fingerprint density at radius 2 is 1.71 bits per heavy atom. The molecule has 0 aliphatic heterocycles. The Bertz CT molecular complexity index is 604. The molecule has 3 N–H and O–H groups in total. The zero-order chi connectivity index (χ0) is 20.4. The molecule has 1 aliphatic carbocycles. The number of carbonyl (C=O) groups is 1. The predicted octanol–water partition coefficient (Wildman–Crippen LogP) is 3.82. The number of hydrogen-bond donors (Lipinski definition) is 3. The summed E-state index contributed by atoms with van der Waals surface area (Å²) in [4.78, 5) is 15.3. The number of unbranched alkanes of at least 4 members (excludes halogenated alkanes) is 3. The van der Waals surface area contributed by atoms with Crippen LogP contribution in [0.15, 0.2) is 35.3 Å². The number of Topliss-reactive ketones (excluding diaryl/α,β-unsaturated/α-hetero) is 1. The van der Waals surface area contributed by atoms with Crippen LogP contribution in [0.4, 0.5) is 5.69 Å². The Morgan fingerprint density at radius 1 is 1.07 bits per heavy atom. The minimum absolute atomic E-state index is 0.0204. The number of carbonyl (C=O) groups excluding carboxylic acids is 1. The van der Waals surface area contributed by atoms with Crippen LogP contribution in [0.3, 0.4) is 0 Å². The van der Waals surface area contributed by atoms with Crippen LogP contribution in [0, 0.1) is 11.8 Å². The molecule has 1 aromatic rings. The Morgan fingerprint density at radius 3 is 2.39 bits per heavy atom. The van der Waals surface area contributed by atoms with Gasteiger partial charge in [0.15, 0.2) is 0 Å². The van der Waals surface area contributed by atoms with Crippen molar-refractivity contribution in [1.29, 1.82) is 0 Å². The van der Waals surface area contributed by atoms with Gasteiger partial charge >= 0.3 is 0 Å². The Kier molecular flexibility index (Phi) is 9.82. The van der Waals surface area contributed by atoms with E-state index in [-0.39, 0.29) is 17.6 Å². The van der Waals surface area contributed by atoms with Crippen molar-refractivity contribution < 1.29 is 20.1 Å². The van der Waals surface area contributed by atoms with Gasteiger partial charge in [0, 0.05) is 12.6 Å². The molecule has 1 aromatic carbocycles. The first-order valence-electron chi connectivity index (χ1n) is 10.6. The van der Waals surface area contributed by atoms with Crippen molar-refractivity contribution in [1.82, 2.24) is 0 Å². The van der Waals surface area contributed by atoms with E-state index in [1.54, 1.807) is 13.1 Å². The van der Waals surface area contributed by atoms with Crippen molar-refractivity contribution in [2.45, 2.75) is 83.0 Å². The summed E-state index contributed by atoms with van der Waals surface area (Å²) < 4.78 is 0. The van der Waals surface area contributed by atoms with Gasteiger partial charge in [0.2, 0.25) is 0 Å². The Balaban J connectivity index is 1.74. The molecular weight excluding hydrogens is 354 g/mol. The molecule has 0 heterocycles. The van der Waals surface area contributed by atoms with E-state index in [0.717, 1.165) is 37.8 Å². The van der Waals surface area contributed by atoms with Gasteiger partial charge < -0.3 is 20.1 Å². The fourth-order valence-corrected chi connectivity index (χ4v) is 4.21. The second-order valence-electron chi connectivity index (χ2n) is 8.11. The first-order valence-corrected chi connectivity index (χ1v) is 10.6. The number of hydrogen-bond acceptors (Lipinski definition) is 5. The maximum absolute atomic E-state index is 11.0. The smallest absolute Gasteiger partial charge is 0.129 e. The van der Waals surface area contributed by atoms with E-state index in [0.29, 0.717) is 25.7 Å². The van der Waals surface area contributed by atoms with E-state index >= 15 is 0 Å². The third kappa shape index (κ3) is 7.82. The topological polar surface area (TPSA) is 90.1 Å². The lowest BCUT2D eigenvalue weighted by Gasteiger charge is -2.24. The second kappa shape index (κ2) is 12.1. The number of rotatable bonds is 12. The average molecular weight is 390 g/mol. The zero-order valence-electron chi connectivity index (χ0n) is 16.9. The van der Waals surface area contributed by atoms with Crippen LogP contribution >= 0.6 is 0 Å². The summed E-state index contributed by atoms with van der Waals surface area (Å²) in [5.74, 6) is 0.344. The standard InChI is InChI=1S/C23H35NO4/c1-17(25)9-5-2-3-8-12-20-21(23(28)15-22(20)27)14-13-19(26)16-24-18-10-6-4-7-11-18/h4,6-7,10-11,16,19-23,26-28H,2-3,5,8-9,12-15H2,1H3/t19?,20-,21-,22+,23-/m1/s1. The third-order valence-electron chi connectivity index (χ3n) is 5.79. The summed E-state index contributed by atoms with van der Waals surface area (Å²) in [5, 5.41) is 30.9. The highest BCUT2D eigenvalue weighted by molar-refractivity contribution is 5.75. The first kappa shape index (κ1) is 22.7. The highest BCUT2D eigenvalue weighted by Crippen LogP contribution is 2.39. The minimum Gasteiger partial charge on any atom is -0.393 e. The van der Waals surface area contributed by atoms with E-state index in [2.05, 4.69) is 4.99 Å². The zero-order valence-corrected chi connectivity index (χ0v) is 16.9. The number of aliphatic hydroxyl groups excluding tert-OH is 3. The number of para-hydroxylation sites is 1. The van der Waals surface area contributed by atoms with Crippen LogP contribution in [-0.4, -0.2) is 45.6 Å². The van der Waals surface area contributed by atoms with Gasteiger partial charge in [-0.15, -0.1) is 0 Å². The molecule has 0 bridgehead atoms. The third-order valence-corrected chi connectivity index (χ3v) is 5.79. The van der Waals surface area contributed by atoms with E-state index in [9.17, 15) is 20.1 Å². The molecular formula is C23H35NO4. The summed E-state index contributed by atoms with van der Waals surface area (Å²) in [6.07, 6.45) is 7.10. The molecule has 0 saturated heterocycles. The van der Waals surface area contributed by atoms with Gasteiger partial charge in [-0.25, -0.2) is 0 Å². The number of nitrogens with zero attached hydrogens (tertiary/aromatic N) is 1. The fourth-order valence-electron chi connectivity index (χ4n) is 4.21. The van der Waals surface area contributed by atoms with Gasteiger partial charge in [-0.2, -0.15) is 0 Å². The van der Waals surface area contributed by atoms with Crippen molar-refractivity contribution >= 4 is 17.7 Å². The Hall–Kier alpha value is -1.56. The molecule has 28 heavy (non-hydrogen) atoms. The molecule has 5 nitrogen and oxygen atoms in total. The summed E-state index contributed by atoms with van der Waals surface area (Å²) in [6, 6.07) is 9.49. The van der Waals surface area contributed by atoms with E-state index in [1.165, 1.54) is 0 Å². The number of ketones is 1. The molecule has 156 valence electrons. The molecule has 5 heteroatoms. The van der Waals surface area contributed by atoms with Crippen LogP contribution < -0.4 is 0 Å². The molecule has 2 rings (SSSR count). The van der Waals surface area contributed by atoms with Crippen LogP contribution in [0.1, 0.15) is 64.7 Å². The lowest BCUT2D eigenvalue weighted by Crippen LogP contribution is -2.24. The SMILES string of the molecule is CC(=O)CCCCCC[C@@H]1[C@@H](CCC(O)C=Nc2ccccc2)[C@H](O)C[C@@H]1O. The van der Waals surface area contributed by atoms with Crippen LogP contribution in [-0.2, 0) is 4.79 Å². The van der Waals surface area contributed by atoms with Gasteiger partial charge in [0.05, 0.1) is 24.0 Å². The number of aliphatic imine (C=N–C) groups is 1. The van der Waals surface area contributed by atoms with Crippen molar-refractivity contribution in [2.75, 3.05) is 0 Å². The van der Waals surface area contributed by atoms with Gasteiger partial charge in [0.25, 0.3) is 0 Å². The molecule has 0 spiro atoms. The highest BCUT2D eigenvalue weighted by Gasteiger charge is 2.40. The molecule has 1 saturated carbocycles. The molecule has 1 unspecified atom stereocenters. The highest BCUT2D eigenvalue weighted by atomic mass is 16.3. The number of aliphatic hydroxyl groups is 3. The maximum Gasteiger partial charge on any atom is 0.129 e. The lowest BCUT2D eigenvalue weighted by molar-refractivity contribution is -0.117. The van der Waals surface area contributed by atoms with Gasteiger partial charge in [-0.1, -0.05) is 37.5 Å². The van der Waals surface area contributed by atoms with Crippen LogP contribution in [0.25, 0.3) is 0 Å². The fraction of sp³-hybridized carbons (Fsp3) is 0.652. The second-order valence-corrected chi connectivity index (χ2v) is 8.11. The largest absolute Gasteiger partial charge is 0.393 e. The molecule has 0 radical (unpaired) electrons. The number of benzene rings is 1. The quantitative estimate of drug-likeness (QED) is 0.374. The average Bonchev–Trinajstić information content (AvgIpc) is 2.94. The predicted molar refractivity (Wildman–Crippen MR) is 112 cm³/mol. The summed E-state index contributed by atoms with van der Waals surface area (Å²) >= 11 is 0. The van der Waals surface area contributed by atoms with Gasteiger partial charge in [-0.3, -0.25) is 4.99 Å². The van der Waals surface area contributed by atoms with E-state index < -0.39 is 18.3 Å². The summed E-state index contributed by atoms with van der Waals surface area (Å²) in [5.41, 5.74) is 0.806. The van der Waals surface area contributed by atoms with Crippen molar-refractivity contribution in [3.05, 3.63) is 30.3 Å². The molecule has 1 aliphatic rings. The normalized spacial score (nSPS) is 26.0. The molecule has 0 amide bonds. The maximum atomic E-state index is 11.0. The van der Waals surface area contributed by atoms with E-state index in [1.807, 2.05) is 30.3 Å². The molecule has 0 aromatic heterocycles. The van der Waals surface area contributed by atoms with Crippen molar-refractivity contribution in [2.24, 2.45) is 16.8 Å².